The Bertz CT molecular complexity index is 1340. The van der Waals surface area contributed by atoms with Crippen LogP contribution in [0.5, 0.6) is 0 Å². The number of aliphatic hydroxyl groups excluding tert-OH is 2. The Kier molecular flexibility index (Phi) is 13.1. The summed E-state index contributed by atoms with van der Waals surface area (Å²) >= 11 is 0. The molecule has 52 heavy (non-hydrogen) atoms. The van der Waals surface area contributed by atoms with Gasteiger partial charge in [-0.15, -0.1) is 0 Å². The second kappa shape index (κ2) is 16.8. The van der Waals surface area contributed by atoms with Crippen LogP contribution >= 0.6 is 0 Å². The van der Waals surface area contributed by atoms with E-state index in [0.29, 0.717) is 12.2 Å². The Balaban J connectivity index is 1.34. The molecule has 2 N–H and O–H groups in total. The van der Waals surface area contributed by atoms with Crippen molar-refractivity contribution in [3.05, 3.63) is 24.0 Å². The lowest BCUT2D eigenvalue weighted by atomic mass is 9.82. The molecule has 0 aromatic heterocycles. The molecule has 0 aromatic rings. The van der Waals surface area contributed by atoms with Crippen LogP contribution < -0.4 is 0 Å². The van der Waals surface area contributed by atoms with Gasteiger partial charge in [-0.3, -0.25) is 4.79 Å². The monoisotopic (exact) mass is 740 g/mol. The Labute approximate surface area is 305 Å². The third-order valence-corrected chi connectivity index (χ3v) is 11.2. The lowest BCUT2D eigenvalue weighted by Crippen LogP contribution is -2.62. The minimum atomic E-state index is -1.36. The van der Waals surface area contributed by atoms with E-state index in [9.17, 15) is 24.6 Å². The van der Waals surface area contributed by atoms with Gasteiger partial charge in [-0.05, 0) is 46.1 Å². The highest BCUT2D eigenvalue weighted by molar-refractivity contribution is 5.82. The average molecular weight is 741 g/mol. The molecular formula is C37H56O15. The third kappa shape index (κ3) is 8.67. The number of hydrogen-bond donors (Lipinski definition) is 2. The van der Waals surface area contributed by atoms with E-state index in [2.05, 4.69) is 0 Å². The van der Waals surface area contributed by atoms with Crippen LogP contribution in [0.2, 0.25) is 0 Å². The molecule has 5 aliphatic rings. The van der Waals surface area contributed by atoms with Gasteiger partial charge >= 0.3 is 12.1 Å². The van der Waals surface area contributed by atoms with Crippen LogP contribution in [0.25, 0.3) is 0 Å². The highest BCUT2D eigenvalue weighted by atomic mass is 16.8. The lowest BCUT2D eigenvalue weighted by molar-refractivity contribution is -0.308. The number of esters is 1. The zero-order valence-corrected chi connectivity index (χ0v) is 31.5. The van der Waals surface area contributed by atoms with Gasteiger partial charge in [0.25, 0.3) is 0 Å². The summed E-state index contributed by atoms with van der Waals surface area (Å²) in [5, 5.41) is 22.0. The summed E-state index contributed by atoms with van der Waals surface area (Å²) in [7, 11) is 2.96. The molecule has 0 aliphatic carbocycles. The number of rotatable bonds is 7. The van der Waals surface area contributed by atoms with E-state index in [1.54, 1.807) is 39.8 Å². The van der Waals surface area contributed by atoms with Crippen molar-refractivity contribution < 1.29 is 72.0 Å². The summed E-state index contributed by atoms with van der Waals surface area (Å²) in [5.74, 6) is -1.45. The third-order valence-electron chi connectivity index (χ3n) is 11.2. The molecule has 1 spiro atoms. The van der Waals surface area contributed by atoms with Crippen LogP contribution in [0, 0.1) is 23.7 Å². The highest BCUT2D eigenvalue weighted by Gasteiger charge is 2.61. The first kappa shape index (κ1) is 40.6. The predicted molar refractivity (Wildman–Crippen MR) is 180 cm³/mol. The fourth-order valence-electron chi connectivity index (χ4n) is 7.97. The average Bonchev–Trinajstić information content (AvgIpc) is 3.79. The van der Waals surface area contributed by atoms with Crippen LogP contribution in [0.1, 0.15) is 67.7 Å². The molecule has 0 radical (unpaired) electrons. The van der Waals surface area contributed by atoms with Gasteiger partial charge in [-0.2, -0.15) is 0 Å². The van der Waals surface area contributed by atoms with Gasteiger partial charge in [-0.25, -0.2) is 9.59 Å². The number of carbonyl (C=O) groups is 3. The van der Waals surface area contributed by atoms with Crippen molar-refractivity contribution in [2.75, 3.05) is 20.8 Å². The zero-order chi connectivity index (χ0) is 38.1. The molecule has 0 bridgehead atoms. The van der Waals surface area contributed by atoms with Crippen molar-refractivity contribution >= 4 is 17.9 Å². The lowest BCUT2D eigenvalue weighted by Gasteiger charge is -2.46. The van der Waals surface area contributed by atoms with Gasteiger partial charge in [0, 0.05) is 45.0 Å². The van der Waals surface area contributed by atoms with Crippen molar-refractivity contribution in [2.24, 2.45) is 23.7 Å². The molecule has 294 valence electrons. The van der Waals surface area contributed by atoms with Crippen molar-refractivity contribution in [3.8, 4) is 0 Å². The zero-order valence-electron chi connectivity index (χ0n) is 31.5. The molecule has 15 nitrogen and oxygen atoms in total. The fraction of sp³-hybridized carbons (Fsp3) is 0.811. The number of cyclic esters (lactones) is 2. The Morgan fingerprint density at radius 1 is 0.865 bits per heavy atom. The van der Waals surface area contributed by atoms with E-state index >= 15 is 0 Å². The topological polar surface area (TPSA) is 187 Å². The molecular weight excluding hydrogens is 684 g/mol. The summed E-state index contributed by atoms with van der Waals surface area (Å²) in [4.78, 5) is 38.7. The Morgan fingerprint density at radius 2 is 1.58 bits per heavy atom. The van der Waals surface area contributed by atoms with E-state index in [1.165, 1.54) is 20.3 Å². The number of epoxide rings is 1. The summed E-state index contributed by atoms with van der Waals surface area (Å²) in [6, 6.07) is 0. The largest absolute Gasteiger partial charge is 0.509 e. The van der Waals surface area contributed by atoms with Crippen molar-refractivity contribution in [2.45, 2.75) is 147 Å². The number of carbonyl (C=O) groups excluding carboxylic acids is 3. The normalized spacial score (nSPS) is 46.1. The number of methoxy groups -OCH3 is 2. The maximum Gasteiger partial charge on any atom is 0.509 e. The first-order valence-electron chi connectivity index (χ1n) is 18.3. The van der Waals surface area contributed by atoms with Gasteiger partial charge in [0.05, 0.1) is 30.8 Å². The maximum atomic E-state index is 13.4. The summed E-state index contributed by atoms with van der Waals surface area (Å²) in [6.45, 7) is 12.6. The van der Waals surface area contributed by atoms with E-state index in [-0.39, 0.29) is 37.1 Å². The van der Waals surface area contributed by atoms with E-state index in [0.717, 1.165) is 0 Å². The smallest absolute Gasteiger partial charge is 0.483 e. The van der Waals surface area contributed by atoms with Crippen LogP contribution in [0.15, 0.2) is 24.0 Å². The number of ketones is 1. The Morgan fingerprint density at radius 3 is 2.23 bits per heavy atom. The highest BCUT2D eigenvalue weighted by Crippen LogP contribution is 2.43. The van der Waals surface area contributed by atoms with Crippen molar-refractivity contribution in [1.82, 2.24) is 0 Å². The molecule has 5 heterocycles. The quantitative estimate of drug-likeness (QED) is 0.286. The molecule has 4 fully saturated rings. The SMILES string of the molecule is CO[C@@H]1[C@H](O)[C@@H](C)O[C@@H](OC[C@H]2[C@@H]3OC3=CCC(=O)[C@H](C)C[C@H](C)[C@H](O[C@@H]3O[C@H](C)C[C@@]4(OC(=O)O[C@H]4C)[C@H]3O)[C@@H](C)C=CC(=O)O[C@@H]2C)[C@@H]1OC. The van der Waals surface area contributed by atoms with Crippen LogP contribution in [-0.2, 0) is 57.0 Å². The van der Waals surface area contributed by atoms with E-state index < -0.39 is 103 Å². The van der Waals surface area contributed by atoms with E-state index in [4.69, 9.17) is 47.4 Å². The molecule has 17 atom stereocenters. The van der Waals surface area contributed by atoms with Gasteiger partial charge in [0.2, 0.25) is 0 Å². The number of fused-ring (bicyclic) bond motifs is 1. The molecule has 0 aromatic carbocycles. The standard InChI is InChI=1S/C37H56O15/c1-17-10-13-27(39)47-21(5)24(16-45-34-32(44-9)31(43-8)28(40)22(6)48-34)30-26(50-30)12-11-25(38)18(2)14-19(3)29(17)51-35-33(41)37(15-20(4)46-35)23(7)49-36(42)52-37/h10,12-13,17-24,28-35,40-41H,11,14-16H2,1-9H3/t17-,18+,19-,20+,21+,22+,23-,24+,28+,29+,30-,31+,32+,33-,34+,35-,37-/m0/s1. The van der Waals surface area contributed by atoms with Crippen molar-refractivity contribution in [1.29, 1.82) is 0 Å². The van der Waals surface area contributed by atoms with Gasteiger partial charge < -0.3 is 57.6 Å². The van der Waals surface area contributed by atoms with Gasteiger partial charge in [-0.1, -0.05) is 26.8 Å². The minimum absolute atomic E-state index is 0.0111. The van der Waals surface area contributed by atoms with Crippen LogP contribution in [0.4, 0.5) is 4.79 Å². The predicted octanol–water partition coefficient (Wildman–Crippen LogP) is 2.97. The number of ether oxygens (including phenoxy) is 10. The molecule has 5 rings (SSSR count). The van der Waals surface area contributed by atoms with Gasteiger partial charge in [0.15, 0.2) is 24.3 Å². The minimum Gasteiger partial charge on any atom is -0.483 e. The summed E-state index contributed by atoms with van der Waals surface area (Å²) < 4.78 is 58.3. The maximum absolute atomic E-state index is 13.4. The second-order valence-electron chi connectivity index (χ2n) is 15.0. The molecule has 4 saturated heterocycles. The molecule has 15 heteroatoms. The molecule has 0 saturated carbocycles. The van der Waals surface area contributed by atoms with Crippen LogP contribution in [0.3, 0.4) is 0 Å². The van der Waals surface area contributed by atoms with Crippen LogP contribution in [-0.4, -0.2) is 128 Å². The first-order chi connectivity index (χ1) is 24.6. The molecule has 0 amide bonds. The number of aliphatic hydroxyl groups is 2. The first-order valence-corrected chi connectivity index (χ1v) is 18.3. The van der Waals surface area contributed by atoms with E-state index in [1.807, 2.05) is 20.8 Å². The number of hydrogen-bond acceptors (Lipinski definition) is 15. The summed E-state index contributed by atoms with van der Waals surface area (Å²) in [6.07, 6.45) is -4.60. The molecule has 5 aliphatic heterocycles. The number of allylic oxidation sites excluding steroid dienone is 1. The summed E-state index contributed by atoms with van der Waals surface area (Å²) in [5.41, 5.74) is -1.35. The fourth-order valence-corrected chi connectivity index (χ4v) is 7.97. The second-order valence-corrected chi connectivity index (χ2v) is 15.0. The Hall–Kier alpha value is -2.63. The molecule has 0 unspecified atom stereocenters. The number of Topliss-reactive ketones (excluding diaryl/α,β-unsaturated/α-hetero) is 1. The van der Waals surface area contributed by atoms with Gasteiger partial charge in [0.1, 0.15) is 48.2 Å². The van der Waals surface area contributed by atoms with Crippen molar-refractivity contribution in [3.63, 3.8) is 0 Å².